The highest BCUT2D eigenvalue weighted by Crippen LogP contribution is 2.42. The lowest BCUT2D eigenvalue weighted by atomic mass is 9.93. The molecule has 0 aliphatic rings. The first-order valence-corrected chi connectivity index (χ1v) is 13.4. The molecular formula is C37H25N3. The largest absolute Gasteiger partial charge is 0.308 e. The molecular weight excluding hydrogens is 486 g/mol. The molecule has 0 radical (unpaired) electrons. The normalized spacial score (nSPS) is 11.1. The summed E-state index contributed by atoms with van der Waals surface area (Å²) in [6.07, 6.45) is 3.54. The number of benzene rings is 5. The van der Waals surface area contributed by atoms with E-state index in [0.29, 0.717) is 5.56 Å². The van der Waals surface area contributed by atoms with Gasteiger partial charge in [-0.3, -0.25) is 4.98 Å². The van der Waals surface area contributed by atoms with Crippen molar-refractivity contribution in [3.8, 4) is 45.1 Å². The van der Waals surface area contributed by atoms with Gasteiger partial charge in [-0.2, -0.15) is 5.26 Å². The van der Waals surface area contributed by atoms with Gasteiger partial charge < -0.3 is 4.57 Å². The fraction of sp³-hybridized carbons (Fsp3) is 0.0270. The highest BCUT2D eigenvalue weighted by Gasteiger charge is 2.21. The predicted molar refractivity (Wildman–Crippen MR) is 164 cm³/mol. The summed E-state index contributed by atoms with van der Waals surface area (Å²) in [5.41, 5.74) is 11.4. The molecule has 0 spiro atoms. The van der Waals surface area contributed by atoms with Crippen molar-refractivity contribution in [2.45, 2.75) is 6.92 Å². The monoisotopic (exact) mass is 511 g/mol. The van der Waals surface area contributed by atoms with Crippen molar-refractivity contribution in [2.75, 3.05) is 0 Å². The lowest BCUT2D eigenvalue weighted by Crippen LogP contribution is -2.01. The van der Waals surface area contributed by atoms with E-state index < -0.39 is 0 Å². The minimum absolute atomic E-state index is 0.625. The molecule has 7 aromatic rings. The predicted octanol–water partition coefficient (Wildman–Crippen LogP) is 9.36. The average molecular weight is 512 g/mol. The maximum Gasteiger partial charge on any atom is 0.0998 e. The van der Waals surface area contributed by atoms with Crippen LogP contribution in [-0.2, 0) is 0 Å². The molecule has 3 nitrogen and oxygen atoms in total. The van der Waals surface area contributed by atoms with Gasteiger partial charge in [-0.15, -0.1) is 0 Å². The second-order valence-electron chi connectivity index (χ2n) is 10.1. The van der Waals surface area contributed by atoms with Crippen LogP contribution in [0.25, 0.3) is 60.9 Å². The van der Waals surface area contributed by atoms with Crippen molar-refractivity contribution in [2.24, 2.45) is 0 Å². The average Bonchev–Trinajstić information content (AvgIpc) is 3.36. The quantitative estimate of drug-likeness (QED) is 0.236. The maximum atomic E-state index is 10.4. The molecule has 2 aromatic heterocycles. The fourth-order valence-electron chi connectivity index (χ4n) is 5.80. The fourth-order valence-corrected chi connectivity index (χ4v) is 5.80. The molecule has 188 valence electrons. The van der Waals surface area contributed by atoms with Crippen LogP contribution in [0.2, 0.25) is 0 Å². The smallest absolute Gasteiger partial charge is 0.0998 e. The SMILES string of the molecule is Cc1cccc(-c2cccc3c4ccccc4n(-c4cc(C#N)c(-c5ccncc5)cc4-c4ccccc4)c23)c1. The molecule has 2 heterocycles. The summed E-state index contributed by atoms with van der Waals surface area (Å²) in [5.74, 6) is 0. The van der Waals surface area contributed by atoms with Crippen LogP contribution in [0, 0.1) is 18.3 Å². The Kier molecular flexibility index (Phi) is 5.73. The number of hydrogen-bond donors (Lipinski definition) is 0. The van der Waals surface area contributed by atoms with Gasteiger partial charge in [0.15, 0.2) is 0 Å². The van der Waals surface area contributed by atoms with Gasteiger partial charge in [0.05, 0.1) is 28.4 Å². The molecule has 0 saturated heterocycles. The summed E-state index contributed by atoms with van der Waals surface area (Å²) in [6, 6.07) is 44.8. The molecule has 0 aliphatic carbocycles. The second-order valence-corrected chi connectivity index (χ2v) is 10.1. The van der Waals surface area contributed by atoms with E-state index in [9.17, 15) is 5.26 Å². The highest BCUT2D eigenvalue weighted by molar-refractivity contribution is 6.14. The number of aryl methyl sites for hydroxylation is 1. The van der Waals surface area contributed by atoms with E-state index in [1.54, 1.807) is 12.4 Å². The number of nitriles is 1. The molecule has 7 rings (SSSR count). The molecule has 0 aliphatic heterocycles. The third kappa shape index (κ3) is 3.86. The topological polar surface area (TPSA) is 41.6 Å². The van der Waals surface area contributed by atoms with Gasteiger partial charge in [0.1, 0.15) is 0 Å². The first-order valence-electron chi connectivity index (χ1n) is 13.4. The molecule has 0 saturated carbocycles. The van der Waals surface area contributed by atoms with Gasteiger partial charge in [-0.05, 0) is 53.9 Å². The van der Waals surface area contributed by atoms with Crippen molar-refractivity contribution in [1.29, 1.82) is 5.26 Å². The van der Waals surface area contributed by atoms with Crippen LogP contribution >= 0.6 is 0 Å². The summed E-state index contributed by atoms with van der Waals surface area (Å²) in [5, 5.41) is 12.7. The lowest BCUT2D eigenvalue weighted by Gasteiger charge is -2.18. The Balaban J connectivity index is 1.65. The Morgan fingerprint density at radius 3 is 2.10 bits per heavy atom. The van der Waals surface area contributed by atoms with Gasteiger partial charge in [-0.25, -0.2) is 0 Å². The number of para-hydroxylation sites is 2. The van der Waals surface area contributed by atoms with Gasteiger partial charge in [0, 0.05) is 39.9 Å². The summed E-state index contributed by atoms with van der Waals surface area (Å²) in [4.78, 5) is 4.19. The Labute approximate surface area is 233 Å². The zero-order chi connectivity index (χ0) is 27.1. The first kappa shape index (κ1) is 23.6. The summed E-state index contributed by atoms with van der Waals surface area (Å²) in [6.45, 7) is 2.13. The molecule has 0 amide bonds. The molecule has 0 N–H and O–H groups in total. The first-order chi connectivity index (χ1) is 19.7. The van der Waals surface area contributed by atoms with E-state index in [1.807, 2.05) is 18.2 Å². The molecule has 0 unspecified atom stereocenters. The van der Waals surface area contributed by atoms with Crippen LogP contribution in [0.1, 0.15) is 11.1 Å². The Morgan fingerprint density at radius 1 is 0.600 bits per heavy atom. The number of rotatable bonds is 4. The van der Waals surface area contributed by atoms with Crippen LogP contribution in [0.3, 0.4) is 0 Å². The van der Waals surface area contributed by atoms with Gasteiger partial charge in [-0.1, -0.05) is 96.6 Å². The molecule has 40 heavy (non-hydrogen) atoms. The maximum absolute atomic E-state index is 10.4. The van der Waals surface area contributed by atoms with E-state index >= 15 is 0 Å². The Morgan fingerprint density at radius 2 is 1.30 bits per heavy atom. The van der Waals surface area contributed by atoms with Gasteiger partial charge in [0.2, 0.25) is 0 Å². The molecule has 0 fully saturated rings. The number of pyridine rings is 1. The minimum atomic E-state index is 0.625. The summed E-state index contributed by atoms with van der Waals surface area (Å²) >= 11 is 0. The van der Waals surface area contributed by atoms with E-state index in [4.69, 9.17) is 0 Å². The van der Waals surface area contributed by atoms with E-state index in [0.717, 1.165) is 44.5 Å². The van der Waals surface area contributed by atoms with Gasteiger partial charge in [0.25, 0.3) is 0 Å². The molecule has 3 heteroatoms. The van der Waals surface area contributed by atoms with Crippen LogP contribution in [0.5, 0.6) is 0 Å². The number of aromatic nitrogens is 2. The van der Waals surface area contributed by atoms with Crippen molar-refractivity contribution < 1.29 is 0 Å². The second kappa shape index (κ2) is 9.69. The van der Waals surface area contributed by atoms with Crippen LogP contribution in [0.15, 0.2) is 134 Å². The highest BCUT2D eigenvalue weighted by atomic mass is 15.0. The standard InChI is InChI=1S/C37H25N3/c1-25-9-7-12-28(21-25)30-14-8-15-32-31-13-5-6-16-35(31)40(37(30)32)36-22-29(24-38)33(27-17-19-39-20-18-27)23-34(36)26-10-3-2-4-11-26/h2-23H,1H3. The Hall–Kier alpha value is -5.46. The van der Waals surface area contributed by atoms with Crippen molar-refractivity contribution in [1.82, 2.24) is 9.55 Å². The van der Waals surface area contributed by atoms with Crippen molar-refractivity contribution >= 4 is 21.8 Å². The zero-order valence-corrected chi connectivity index (χ0v) is 22.0. The third-order valence-electron chi connectivity index (χ3n) is 7.60. The van der Waals surface area contributed by atoms with E-state index in [1.165, 1.54) is 21.9 Å². The van der Waals surface area contributed by atoms with E-state index in [2.05, 4.69) is 126 Å². The molecule has 5 aromatic carbocycles. The third-order valence-corrected chi connectivity index (χ3v) is 7.60. The summed E-state index contributed by atoms with van der Waals surface area (Å²) < 4.78 is 2.35. The van der Waals surface area contributed by atoms with Crippen LogP contribution in [-0.4, -0.2) is 9.55 Å². The van der Waals surface area contributed by atoms with Crippen molar-refractivity contribution in [3.05, 3.63) is 145 Å². The Bertz CT molecular complexity index is 2060. The van der Waals surface area contributed by atoms with E-state index in [-0.39, 0.29) is 0 Å². The lowest BCUT2D eigenvalue weighted by molar-refractivity contribution is 1.18. The minimum Gasteiger partial charge on any atom is -0.308 e. The zero-order valence-electron chi connectivity index (χ0n) is 22.0. The molecule has 0 atom stereocenters. The summed E-state index contributed by atoms with van der Waals surface area (Å²) in [7, 11) is 0. The number of nitrogens with zero attached hydrogens (tertiary/aromatic N) is 3. The number of fused-ring (bicyclic) bond motifs is 3. The van der Waals surface area contributed by atoms with Crippen LogP contribution < -0.4 is 0 Å². The van der Waals surface area contributed by atoms with Crippen molar-refractivity contribution in [3.63, 3.8) is 0 Å². The van der Waals surface area contributed by atoms with Crippen LogP contribution in [0.4, 0.5) is 0 Å². The molecule has 0 bridgehead atoms. The number of hydrogen-bond acceptors (Lipinski definition) is 2. The van der Waals surface area contributed by atoms with Gasteiger partial charge >= 0.3 is 0 Å².